The van der Waals surface area contributed by atoms with Gasteiger partial charge in [-0.25, -0.2) is 0 Å². The van der Waals surface area contributed by atoms with Crippen LogP contribution in [0, 0.1) is 11.3 Å². The van der Waals surface area contributed by atoms with E-state index in [-0.39, 0.29) is 11.5 Å². The van der Waals surface area contributed by atoms with Crippen LogP contribution in [0.4, 0.5) is 0 Å². The number of piperidine rings is 2. The highest BCUT2D eigenvalue weighted by atomic mass is 16.7. The zero-order chi connectivity index (χ0) is 14.8. The van der Waals surface area contributed by atoms with E-state index in [1.54, 1.807) is 0 Å². The van der Waals surface area contributed by atoms with E-state index in [1.807, 2.05) is 0 Å². The van der Waals surface area contributed by atoms with Crippen LogP contribution in [0.15, 0.2) is 5.16 Å². The largest absolute Gasteiger partial charge is 0.470 e. The number of likely N-dealkylation sites (tertiary alicyclic amines) is 1. The molecule has 0 bridgehead atoms. The van der Waals surface area contributed by atoms with Crippen molar-refractivity contribution in [1.82, 2.24) is 10.2 Å². The van der Waals surface area contributed by atoms with Crippen molar-refractivity contribution in [2.24, 2.45) is 16.5 Å². The summed E-state index contributed by atoms with van der Waals surface area (Å²) in [5, 5.41) is 7.80. The summed E-state index contributed by atoms with van der Waals surface area (Å²) < 4.78 is 6.33. The van der Waals surface area contributed by atoms with E-state index < -0.39 is 0 Å². The van der Waals surface area contributed by atoms with E-state index in [9.17, 15) is 0 Å². The highest BCUT2D eigenvalue weighted by Crippen LogP contribution is 2.56. The molecule has 3 heterocycles. The molecule has 0 aromatic carbocycles. The molecule has 22 heavy (non-hydrogen) atoms. The molecular weight excluding hydrogens is 278 g/mol. The summed E-state index contributed by atoms with van der Waals surface area (Å²) in [5.74, 6) is 1.65. The fourth-order valence-electron chi connectivity index (χ4n) is 4.43. The molecule has 0 radical (unpaired) electrons. The third-order valence-corrected chi connectivity index (χ3v) is 5.93. The Morgan fingerprint density at radius 2 is 1.91 bits per heavy atom. The first-order valence-corrected chi connectivity index (χ1v) is 9.17. The molecule has 2 saturated heterocycles. The van der Waals surface area contributed by atoms with Crippen molar-refractivity contribution in [3.8, 4) is 0 Å². The van der Waals surface area contributed by atoms with Crippen LogP contribution in [0.1, 0.15) is 44.9 Å². The Morgan fingerprint density at radius 3 is 2.64 bits per heavy atom. The summed E-state index contributed by atoms with van der Waals surface area (Å²) in [6.07, 6.45) is 9.17. The van der Waals surface area contributed by atoms with Crippen LogP contribution in [-0.2, 0) is 9.57 Å². The minimum atomic E-state index is 0.171. The lowest BCUT2D eigenvalue weighted by molar-refractivity contribution is -0.0198. The van der Waals surface area contributed by atoms with Crippen molar-refractivity contribution in [3.63, 3.8) is 0 Å². The molecule has 5 heteroatoms. The van der Waals surface area contributed by atoms with Crippen LogP contribution in [0.25, 0.3) is 0 Å². The molecule has 3 aliphatic heterocycles. The van der Waals surface area contributed by atoms with Crippen molar-refractivity contribution in [3.05, 3.63) is 0 Å². The zero-order valence-corrected chi connectivity index (χ0v) is 13.6. The Kier molecular flexibility index (Phi) is 4.27. The average molecular weight is 307 g/mol. The number of hydrogen-bond donors (Lipinski definition) is 1. The number of nitrogens with one attached hydrogen (secondary N) is 1. The predicted molar refractivity (Wildman–Crippen MR) is 85.8 cm³/mol. The molecule has 4 aliphatic rings. The average Bonchev–Trinajstić information content (AvgIpc) is 3.39. The second-order valence-corrected chi connectivity index (χ2v) is 7.47. The van der Waals surface area contributed by atoms with Gasteiger partial charge in [0.05, 0.1) is 5.41 Å². The third-order valence-electron chi connectivity index (χ3n) is 5.93. The number of ether oxygens (including phenoxy) is 1. The van der Waals surface area contributed by atoms with Crippen molar-refractivity contribution in [2.75, 3.05) is 39.3 Å². The molecule has 0 aromatic heterocycles. The minimum absolute atomic E-state index is 0.171. The van der Waals surface area contributed by atoms with Crippen LogP contribution in [-0.4, -0.2) is 56.2 Å². The summed E-state index contributed by atoms with van der Waals surface area (Å²) in [6, 6.07) is 0. The molecule has 1 aliphatic carbocycles. The van der Waals surface area contributed by atoms with Gasteiger partial charge in [-0.3, -0.25) is 4.90 Å². The Hall–Kier alpha value is -0.810. The van der Waals surface area contributed by atoms with Gasteiger partial charge >= 0.3 is 0 Å². The molecule has 0 amide bonds. The van der Waals surface area contributed by atoms with Gasteiger partial charge in [0.15, 0.2) is 6.61 Å². The predicted octanol–water partition coefficient (Wildman–Crippen LogP) is 1.98. The van der Waals surface area contributed by atoms with Gasteiger partial charge in [-0.15, -0.1) is 0 Å². The molecule has 0 spiro atoms. The summed E-state index contributed by atoms with van der Waals surface area (Å²) in [7, 11) is 0. The second-order valence-electron chi connectivity index (χ2n) is 7.47. The Labute approximate surface area is 133 Å². The fraction of sp³-hybridized carbons (Fsp3) is 0.941. The molecule has 0 unspecified atom stereocenters. The Bertz CT molecular complexity index is 410. The van der Waals surface area contributed by atoms with Crippen molar-refractivity contribution >= 4 is 5.90 Å². The standard InChI is InChI=1S/C17H29N3O2/c1-2-10-20(11-3-1)12-15-13-21-19-16(22-15)17(6-7-17)14-4-8-18-9-5-14/h14-15,18H,1-13H2/t15-/m1/s1. The highest BCUT2D eigenvalue weighted by molar-refractivity contribution is 5.85. The minimum Gasteiger partial charge on any atom is -0.470 e. The normalized spacial score (nSPS) is 32.7. The first-order valence-electron chi connectivity index (χ1n) is 9.17. The number of rotatable bonds is 4. The van der Waals surface area contributed by atoms with E-state index in [0.29, 0.717) is 6.61 Å². The molecule has 5 nitrogen and oxygen atoms in total. The van der Waals surface area contributed by atoms with Crippen LogP contribution in [0.2, 0.25) is 0 Å². The maximum atomic E-state index is 6.33. The summed E-state index contributed by atoms with van der Waals surface area (Å²) in [5.41, 5.74) is 0.211. The van der Waals surface area contributed by atoms with Crippen molar-refractivity contribution < 1.29 is 9.57 Å². The van der Waals surface area contributed by atoms with Gasteiger partial charge in [0.1, 0.15) is 6.10 Å². The van der Waals surface area contributed by atoms with Crippen LogP contribution in [0.3, 0.4) is 0 Å². The van der Waals surface area contributed by atoms with E-state index in [4.69, 9.17) is 9.57 Å². The van der Waals surface area contributed by atoms with Crippen LogP contribution < -0.4 is 5.32 Å². The van der Waals surface area contributed by atoms with Gasteiger partial charge in [0.25, 0.3) is 0 Å². The number of nitrogens with zero attached hydrogens (tertiary/aromatic N) is 2. The molecule has 1 atom stereocenters. The Balaban J connectivity index is 1.37. The molecule has 1 saturated carbocycles. The third kappa shape index (κ3) is 2.98. The number of hydrogen-bond acceptors (Lipinski definition) is 5. The second kappa shape index (κ2) is 6.36. The Morgan fingerprint density at radius 1 is 1.14 bits per heavy atom. The van der Waals surface area contributed by atoms with Crippen molar-refractivity contribution in [2.45, 2.75) is 51.0 Å². The molecule has 4 rings (SSSR count). The van der Waals surface area contributed by atoms with Crippen LogP contribution >= 0.6 is 0 Å². The number of oxime groups is 1. The smallest absolute Gasteiger partial charge is 0.232 e. The van der Waals surface area contributed by atoms with Gasteiger partial charge in [-0.1, -0.05) is 11.6 Å². The SMILES string of the molecule is C1CCN(C[C@@H]2CON=C(C3(C4CCNCC4)CC3)O2)CC1. The monoisotopic (exact) mass is 307 g/mol. The first-order chi connectivity index (χ1) is 10.9. The lowest BCUT2D eigenvalue weighted by Gasteiger charge is -2.36. The van der Waals surface area contributed by atoms with E-state index in [1.165, 1.54) is 58.0 Å². The highest BCUT2D eigenvalue weighted by Gasteiger charge is 2.56. The lowest BCUT2D eigenvalue weighted by atomic mass is 9.81. The lowest BCUT2D eigenvalue weighted by Crippen LogP contribution is -2.45. The zero-order valence-electron chi connectivity index (χ0n) is 13.6. The van der Waals surface area contributed by atoms with Gasteiger partial charge in [-0.05, 0) is 70.6 Å². The van der Waals surface area contributed by atoms with Gasteiger partial charge in [-0.2, -0.15) is 0 Å². The van der Waals surface area contributed by atoms with Gasteiger partial charge < -0.3 is 14.9 Å². The van der Waals surface area contributed by atoms with Gasteiger partial charge in [0, 0.05) is 6.54 Å². The fourth-order valence-corrected chi connectivity index (χ4v) is 4.43. The summed E-state index contributed by atoms with van der Waals surface area (Å²) >= 11 is 0. The quantitative estimate of drug-likeness (QED) is 0.863. The molecule has 3 fully saturated rings. The maximum absolute atomic E-state index is 6.33. The summed E-state index contributed by atoms with van der Waals surface area (Å²) in [4.78, 5) is 8.11. The van der Waals surface area contributed by atoms with Crippen LogP contribution in [0.5, 0.6) is 0 Å². The topological polar surface area (TPSA) is 46.1 Å². The summed E-state index contributed by atoms with van der Waals surface area (Å²) in [6.45, 7) is 6.32. The van der Waals surface area contributed by atoms with E-state index in [2.05, 4.69) is 15.4 Å². The van der Waals surface area contributed by atoms with Crippen molar-refractivity contribution in [1.29, 1.82) is 0 Å². The van der Waals surface area contributed by atoms with E-state index >= 15 is 0 Å². The maximum Gasteiger partial charge on any atom is 0.232 e. The molecule has 0 aromatic rings. The van der Waals surface area contributed by atoms with E-state index in [0.717, 1.165) is 31.4 Å². The van der Waals surface area contributed by atoms with Gasteiger partial charge in [0.2, 0.25) is 5.90 Å². The molecular formula is C17H29N3O2. The molecule has 1 N–H and O–H groups in total. The molecule has 124 valence electrons. The first kappa shape index (κ1) is 14.8.